The molecule has 2 unspecified atom stereocenters. The van der Waals surface area contributed by atoms with E-state index in [0.29, 0.717) is 17.6 Å². The Morgan fingerprint density at radius 2 is 1.69 bits per heavy atom. The minimum atomic E-state index is -0.0376. The molecule has 1 spiro atoms. The largest absolute Gasteiger partial charge is 0.299 e. The molecular formula is C25H24N6O. The van der Waals surface area contributed by atoms with Crippen LogP contribution in [0, 0.1) is 5.41 Å². The van der Waals surface area contributed by atoms with Crippen molar-refractivity contribution in [2.24, 2.45) is 12.5 Å². The van der Waals surface area contributed by atoms with Gasteiger partial charge >= 0.3 is 0 Å². The smallest absolute Gasteiger partial charge is 0.159 e. The number of hydrogen-bond acceptors (Lipinski definition) is 5. The average molecular weight is 425 g/mol. The predicted octanol–water partition coefficient (Wildman–Crippen LogP) is 4.48. The Balaban J connectivity index is 1.22. The molecule has 0 aliphatic heterocycles. The monoisotopic (exact) mass is 424 g/mol. The van der Waals surface area contributed by atoms with Crippen molar-refractivity contribution in [1.82, 2.24) is 29.5 Å². The predicted molar refractivity (Wildman–Crippen MR) is 120 cm³/mol. The lowest BCUT2D eigenvalue weighted by molar-refractivity contribution is -0.113. The lowest BCUT2D eigenvalue weighted by Gasteiger charge is -2.27. The number of aryl methyl sites for hydroxylation is 1. The van der Waals surface area contributed by atoms with E-state index in [1.807, 2.05) is 54.8 Å². The fourth-order valence-electron chi connectivity index (χ4n) is 4.96. The molecule has 3 aromatic heterocycles. The van der Waals surface area contributed by atoms with Crippen LogP contribution in [0.15, 0.2) is 61.4 Å². The SMILES string of the molecule is Cn1cc(-c2cccc(-c3ncc(-c4cnn(C5CCCC6(CC6=O)C5)c4)cn3)c2)cn1. The molecule has 0 amide bonds. The minimum absolute atomic E-state index is 0.0376. The van der Waals surface area contributed by atoms with Crippen LogP contribution in [0.25, 0.3) is 33.6 Å². The number of nitrogens with zero attached hydrogens (tertiary/aromatic N) is 6. The van der Waals surface area contributed by atoms with E-state index in [4.69, 9.17) is 0 Å². The molecule has 7 nitrogen and oxygen atoms in total. The van der Waals surface area contributed by atoms with Gasteiger partial charge in [0.1, 0.15) is 5.78 Å². The molecule has 6 rings (SSSR count). The third-order valence-electron chi connectivity index (χ3n) is 6.90. The molecule has 32 heavy (non-hydrogen) atoms. The van der Waals surface area contributed by atoms with Crippen molar-refractivity contribution >= 4 is 5.78 Å². The Bertz CT molecular complexity index is 1300. The van der Waals surface area contributed by atoms with Gasteiger partial charge in [-0.2, -0.15) is 10.2 Å². The molecule has 2 saturated carbocycles. The van der Waals surface area contributed by atoms with Crippen molar-refractivity contribution in [3.8, 4) is 33.6 Å². The Morgan fingerprint density at radius 1 is 0.938 bits per heavy atom. The van der Waals surface area contributed by atoms with Crippen molar-refractivity contribution in [2.45, 2.75) is 38.1 Å². The molecule has 2 fully saturated rings. The van der Waals surface area contributed by atoms with Gasteiger partial charge in [-0.1, -0.05) is 24.6 Å². The number of benzene rings is 1. The van der Waals surface area contributed by atoms with E-state index in [2.05, 4.69) is 38.5 Å². The zero-order valence-electron chi connectivity index (χ0n) is 18.0. The van der Waals surface area contributed by atoms with Crippen LogP contribution in [0.2, 0.25) is 0 Å². The molecule has 3 heterocycles. The maximum Gasteiger partial charge on any atom is 0.159 e. The highest BCUT2D eigenvalue weighted by Crippen LogP contribution is 2.55. The first-order valence-electron chi connectivity index (χ1n) is 11.1. The first-order chi connectivity index (χ1) is 15.6. The topological polar surface area (TPSA) is 78.5 Å². The van der Waals surface area contributed by atoms with Gasteiger partial charge < -0.3 is 0 Å². The van der Waals surface area contributed by atoms with Gasteiger partial charge in [-0.25, -0.2) is 9.97 Å². The van der Waals surface area contributed by atoms with Crippen LogP contribution in [-0.2, 0) is 11.8 Å². The summed E-state index contributed by atoms with van der Waals surface area (Å²) in [4.78, 5) is 21.1. The summed E-state index contributed by atoms with van der Waals surface area (Å²) in [5, 5.41) is 8.86. The molecule has 160 valence electrons. The fourth-order valence-corrected chi connectivity index (χ4v) is 4.96. The van der Waals surface area contributed by atoms with E-state index < -0.39 is 0 Å². The maximum atomic E-state index is 11.9. The van der Waals surface area contributed by atoms with E-state index >= 15 is 0 Å². The van der Waals surface area contributed by atoms with E-state index in [1.165, 1.54) is 0 Å². The molecule has 0 N–H and O–H groups in total. The van der Waals surface area contributed by atoms with Crippen molar-refractivity contribution in [1.29, 1.82) is 0 Å². The molecule has 4 aromatic rings. The Morgan fingerprint density at radius 3 is 2.44 bits per heavy atom. The quantitative estimate of drug-likeness (QED) is 0.483. The van der Waals surface area contributed by atoms with Crippen LogP contribution in [0.3, 0.4) is 0 Å². The highest BCUT2D eigenvalue weighted by Gasteiger charge is 2.55. The van der Waals surface area contributed by atoms with Crippen molar-refractivity contribution in [3.05, 3.63) is 61.4 Å². The molecule has 2 atom stereocenters. The number of carbonyl (C=O) groups is 1. The molecule has 1 aromatic carbocycles. The summed E-state index contributed by atoms with van der Waals surface area (Å²) >= 11 is 0. The highest BCUT2D eigenvalue weighted by atomic mass is 16.1. The van der Waals surface area contributed by atoms with Gasteiger partial charge in [-0.3, -0.25) is 14.2 Å². The number of hydrogen-bond donors (Lipinski definition) is 0. The summed E-state index contributed by atoms with van der Waals surface area (Å²) < 4.78 is 3.83. The second kappa shape index (κ2) is 7.22. The summed E-state index contributed by atoms with van der Waals surface area (Å²) in [6.45, 7) is 0. The first-order valence-corrected chi connectivity index (χ1v) is 11.1. The lowest BCUT2D eigenvalue weighted by atomic mass is 9.83. The number of carbonyl (C=O) groups excluding carboxylic acids is 1. The van der Waals surface area contributed by atoms with Gasteiger partial charge in [0.05, 0.1) is 18.4 Å². The fraction of sp³-hybridized carbons (Fsp3) is 0.320. The maximum absolute atomic E-state index is 11.9. The summed E-state index contributed by atoms with van der Waals surface area (Å²) in [7, 11) is 1.91. The second-order valence-corrected chi connectivity index (χ2v) is 9.12. The highest BCUT2D eigenvalue weighted by molar-refractivity contribution is 6.00. The molecule has 7 heteroatoms. The Kier molecular flexibility index (Phi) is 4.31. The third kappa shape index (κ3) is 3.34. The van der Waals surface area contributed by atoms with Gasteiger partial charge in [0.2, 0.25) is 0 Å². The zero-order valence-corrected chi connectivity index (χ0v) is 18.0. The van der Waals surface area contributed by atoms with E-state index in [-0.39, 0.29) is 5.41 Å². The summed E-state index contributed by atoms with van der Waals surface area (Å²) in [6, 6.07) is 8.49. The van der Waals surface area contributed by atoms with Crippen LogP contribution in [0.5, 0.6) is 0 Å². The van der Waals surface area contributed by atoms with Crippen LogP contribution < -0.4 is 0 Å². The van der Waals surface area contributed by atoms with Gasteiger partial charge in [-0.05, 0) is 30.9 Å². The second-order valence-electron chi connectivity index (χ2n) is 9.12. The number of ketones is 1. The number of aromatic nitrogens is 6. The summed E-state index contributed by atoms with van der Waals surface area (Å²) in [5.41, 5.74) is 5.03. The Labute approximate surface area is 186 Å². The van der Waals surface area contributed by atoms with Gasteiger partial charge in [0.15, 0.2) is 5.82 Å². The van der Waals surface area contributed by atoms with Crippen LogP contribution in [0.4, 0.5) is 0 Å². The van der Waals surface area contributed by atoms with Crippen molar-refractivity contribution in [3.63, 3.8) is 0 Å². The molecule has 2 aliphatic carbocycles. The standard InChI is InChI=1S/C25H24N6O/c1-30-15-20(13-28-30)17-4-2-5-18(8-17)24-26-11-19(12-27-24)21-14-29-31(16-21)22-6-3-7-25(9-22)10-23(25)32/h2,4-5,8,11-16,22H,3,6-7,9-10H2,1H3. The normalized spacial score (nSPS) is 22.4. The first kappa shape index (κ1) is 19.1. The lowest BCUT2D eigenvalue weighted by Crippen LogP contribution is -2.21. The number of Topliss-reactive ketones (excluding diaryl/α,β-unsaturated/α-hetero) is 1. The van der Waals surface area contributed by atoms with Gasteiger partial charge in [-0.15, -0.1) is 0 Å². The van der Waals surface area contributed by atoms with Crippen molar-refractivity contribution in [2.75, 3.05) is 0 Å². The molecule has 2 aliphatic rings. The molecular weight excluding hydrogens is 400 g/mol. The Hall–Kier alpha value is -3.61. The molecule has 0 bridgehead atoms. The molecule has 0 radical (unpaired) electrons. The van der Waals surface area contributed by atoms with E-state index in [9.17, 15) is 4.79 Å². The van der Waals surface area contributed by atoms with E-state index in [1.54, 1.807) is 4.68 Å². The van der Waals surface area contributed by atoms with Crippen LogP contribution in [-0.4, -0.2) is 35.3 Å². The molecule has 0 saturated heterocycles. The van der Waals surface area contributed by atoms with Gasteiger partial charge in [0, 0.05) is 65.9 Å². The minimum Gasteiger partial charge on any atom is -0.299 e. The third-order valence-corrected chi connectivity index (χ3v) is 6.90. The van der Waals surface area contributed by atoms with Crippen LogP contribution >= 0.6 is 0 Å². The van der Waals surface area contributed by atoms with Gasteiger partial charge in [0.25, 0.3) is 0 Å². The number of rotatable bonds is 4. The average Bonchev–Trinajstić information content (AvgIpc) is 3.23. The van der Waals surface area contributed by atoms with Crippen molar-refractivity contribution < 1.29 is 4.79 Å². The summed E-state index contributed by atoms with van der Waals surface area (Å²) in [5.74, 6) is 1.12. The zero-order chi connectivity index (χ0) is 21.7. The van der Waals surface area contributed by atoms with E-state index in [0.717, 1.165) is 59.9 Å². The van der Waals surface area contributed by atoms with Crippen LogP contribution in [0.1, 0.15) is 38.1 Å². The summed E-state index contributed by atoms with van der Waals surface area (Å²) in [6.07, 6.45) is 16.4.